The molecule has 0 spiro atoms. The van der Waals surface area contributed by atoms with Crippen LogP contribution in [0.1, 0.15) is 27.7 Å². The van der Waals surface area contributed by atoms with E-state index < -0.39 is 5.91 Å². The Hall–Kier alpha value is -0.380. The van der Waals surface area contributed by atoms with Crippen molar-refractivity contribution in [2.45, 2.75) is 39.1 Å². The van der Waals surface area contributed by atoms with Gasteiger partial charge in [0, 0.05) is 5.54 Å². The highest BCUT2D eigenvalue weighted by molar-refractivity contribution is 5.02. The minimum Gasteiger partial charge on any atom is -0.350 e. The van der Waals surface area contributed by atoms with Gasteiger partial charge in [0.1, 0.15) is 0 Å². The van der Waals surface area contributed by atoms with E-state index in [-0.39, 0.29) is 11.1 Å². The van der Waals surface area contributed by atoms with Gasteiger partial charge in [-0.3, -0.25) is 5.32 Å². The lowest BCUT2D eigenvalue weighted by Gasteiger charge is -2.31. The Morgan fingerprint density at radius 1 is 1.27 bits per heavy atom. The van der Waals surface area contributed by atoms with E-state index >= 15 is 0 Å². The monoisotopic (exact) mass is 159 g/mol. The first-order valence-electron chi connectivity index (χ1n) is 3.55. The summed E-state index contributed by atoms with van der Waals surface area (Å²) in [6, 6.07) is 0. The van der Waals surface area contributed by atoms with Gasteiger partial charge < -0.3 is 10.2 Å². The first-order chi connectivity index (χ1) is 4.65. The molecule has 3 heteroatoms. The summed E-state index contributed by atoms with van der Waals surface area (Å²) in [6.45, 7) is 10.5. The van der Waals surface area contributed by atoms with Crippen LogP contribution >= 0.6 is 0 Å². The predicted octanol–water partition coefficient (Wildman–Crippen LogP) is 0.589. The van der Waals surface area contributed by atoms with Crippen molar-refractivity contribution >= 4 is 0 Å². The van der Waals surface area contributed by atoms with Gasteiger partial charge in [-0.2, -0.15) is 0 Å². The van der Waals surface area contributed by atoms with E-state index in [0.717, 1.165) is 0 Å². The number of hydrogen-bond donors (Lipinski definition) is 3. The zero-order chi connectivity index (χ0) is 9.28. The molecular weight excluding hydrogens is 142 g/mol. The third-order valence-electron chi connectivity index (χ3n) is 1.14. The third kappa shape index (κ3) is 4.14. The van der Waals surface area contributed by atoms with Crippen molar-refractivity contribution in [3.8, 4) is 0 Å². The lowest BCUT2D eigenvalue weighted by atomic mass is 10.1. The summed E-state index contributed by atoms with van der Waals surface area (Å²) >= 11 is 0. The molecule has 0 saturated carbocycles. The second kappa shape index (κ2) is 2.93. The van der Waals surface area contributed by atoms with Crippen LogP contribution in [0.3, 0.4) is 0 Å². The van der Waals surface area contributed by atoms with Crippen LogP contribution in [-0.2, 0) is 0 Å². The van der Waals surface area contributed by atoms with Gasteiger partial charge in [-0.25, -0.2) is 0 Å². The molecule has 11 heavy (non-hydrogen) atoms. The van der Waals surface area contributed by atoms with Gasteiger partial charge in [-0.1, -0.05) is 6.58 Å². The van der Waals surface area contributed by atoms with Crippen molar-refractivity contribution < 1.29 is 10.2 Å². The molecule has 3 nitrogen and oxygen atoms in total. The van der Waals surface area contributed by atoms with Crippen molar-refractivity contribution in [1.82, 2.24) is 5.32 Å². The number of hydrogen-bond acceptors (Lipinski definition) is 3. The summed E-state index contributed by atoms with van der Waals surface area (Å²) in [5.74, 6) is -1.96. The Labute approximate surface area is 67.7 Å². The van der Waals surface area contributed by atoms with Crippen LogP contribution in [-0.4, -0.2) is 21.7 Å². The molecule has 0 unspecified atom stereocenters. The summed E-state index contributed by atoms with van der Waals surface area (Å²) < 4.78 is 0. The molecule has 0 aromatic carbocycles. The average molecular weight is 159 g/mol. The summed E-state index contributed by atoms with van der Waals surface area (Å²) in [5, 5.41) is 21.2. The van der Waals surface area contributed by atoms with Crippen LogP contribution in [0.4, 0.5) is 0 Å². The Morgan fingerprint density at radius 3 is 1.73 bits per heavy atom. The van der Waals surface area contributed by atoms with E-state index in [0.29, 0.717) is 0 Å². The molecule has 0 saturated heterocycles. The molecule has 0 bridgehead atoms. The van der Waals surface area contributed by atoms with E-state index in [4.69, 9.17) is 0 Å². The SMILES string of the molecule is C=C(C)C(O)(O)NC(C)(C)C. The fraction of sp³-hybridized carbons (Fsp3) is 0.750. The number of rotatable bonds is 2. The first-order valence-corrected chi connectivity index (χ1v) is 3.55. The largest absolute Gasteiger partial charge is 0.350 e. The highest BCUT2D eigenvalue weighted by Crippen LogP contribution is 2.12. The van der Waals surface area contributed by atoms with E-state index in [1.165, 1.54) is 0 Å². The second-order valence-electron chi connectivity index (χ2n) is 3.83. The maximum absolute atomic E-state index is 9.27. The standard InChI is InChI=1S/C8H17NO2/c1-6(2)8(10,11)9-7(3,4)5/h9-11H,1H2,2-5H3. The fourth-order valence-electron chi connectivity index (χ4n) is 0.630. The van der Waals surface area contributed by atoms with E-state index in [9.17, 15) is 10.2 Å². The minimum absolute atomic E-state index is 0.285. The summed E-state index contributed by atoms with van der Waals surface area (Å²) in [6.07, 6.45) is 0. The van der Waals surface area contributed by atoms with E-state index in [1.54, 1.807) is 6.92 Å². The maximum atomic E-state index is 9.27. The van der Waals surface area contributed by atoms with Crippen molar-refractivity contribution in [3.63, 3.8) is 0 Å². The highest BCUT2D eigenvalue weighted by atomic mass is 16.5. The van der Waals surface area contributed by atoms with Gasteiger partial charge in [0.2, 0.25) is 5.91 Å². The Balaban J connectivity index is 4.25. The molecule has 0 atom stereocenters. The number of aliphatic hydroxyl groups is 2. The molecule has 0 amide bonds. The van der Waals surface area contributed by atoms with Crippen molar-refractivity contribution in [2.75, 3.05) is 0 Å². The molecule has 0 rings (SSSR count). The van der Waals surface area contributed by atoms with Gasteiger partial charge in [0.05, 0.1) is 0 Å². The van der Waals surface area contributed by atoms with Crippen molar-refractivity contribution in [1.29, 1.82) is 0 Å². The minimum atomic E-state index is -1.96. The molecule has 0 aliphatic rings. The lowest BCUT2D eigenvalue weighted by molar-refractivity contribution is -0.165. The van der Waals surface area contributed by atoms with Crippen LogP contribution in [0, 0.1) is 0 Å². The van der Waals surface area contributed by atoms with Gasteiger partial charge in [0.15, 0.2) is 0 Å². The Bertz CT molecular complexity index is 156. The zero-order valence-electron chi connectivity index (χ0n) is 7.60. The van der Waals surface area contributed by atoms with Crippen LogP contribution in [0.2, 0.25) is 0 Å². The highest BCUT2D eigenvalue weighted by Gasteiger charge is 2.28. The van der Waals surface area contributed by atoms with Crippen molar-refractivity contribution in [2.24, 2.45) is 0 Å². The Kier molecular flexibility index (Phi) is 2.83. The summed E-state index contributed by atoms with van der Waals surface area (Å²) in [4.78, 5) is 0. The van der Waals surface area contributed by atoms with Gasteiger partial charge in [-0.15, -0.1) is 0 Å². The second-order valence-corrected chi connectivity index (χ2v) is 3.83. The smallest absolute Gasteiger partial charge is 0.246 e. The van der Waals surface area contributed by atoms with E-state index in [2.05, 4.69) is 11.9 Å². The molecule has 0 aliphatic carbocycles. The molecule has 66 valence electrons. The molecular formula is C8H17NO2. The molecule has 0 aromatic heterocycles. The van der Waals surface area contributed by atoms with Crippen LogP contribution in [0.15, 0.2) is 12.2 Å². The predicted molar refractivity (Wildman–Crippen MR) is 44.9 cm³/mol. The van der Waals surface area contributed by atoms with Crippen LogP contribution < -0.4 is 5.32 Å². The molecule has 0 aromatic rings. The lowest BCUT2D eigenvalue weighted by Crippen LogP contribution is -2.54. The van der Waals surface area contributed by atoms with Gasteiger partial charge >= 0.3 is 0 Å². The average Bonchev–Trinajstić information content (AvgIpc) is 1.56. The Morgan fingerprint density at radius 2 is 1.64 bits per heavy atom. The van der Waals surface area contributed by atoms with Gasteiger partial charge in [-0.05, 0) is 33.3 Å². The normalized spacial score (nSPS) is 13.3. The summed E-state index contributed by atoms with van der Waals surface area (Å²) in [5.41, 5.74) is -0.0601. The van der Waals surface area contributed by atoms with Crippen LogP contribution in [0.5, 0.6) is 0 Å². The quantitative estimate of drug-likeness (QED) is 0.408. The molecule has 0 radical (unpaired) electrons. The molecule has 0 fully saturated rings. The van der Waals surface area contributed by atoms with E-state index in [1.807, 2.05) is 20.8 Å². The fourth-order valence-corrected chi connectivity index (χ4v) is 0.630. The first kappa shape index (κ1) is 10.6. The van der Waals surface area contributed by atoms with Crippen molar-refractivity contribution in [3.05, 3.63) is 12.2 Å². The third-order valence-corrected chi connectivity index (χ3v) is 1.14. The maximum Gasteiger partial charge on any atom is 0.246 e. The van der Waals surface area contributed by atoms with Gasteiger partial charge in [0.25, 0.3) is 0 Å². The zero-order valence-corrected chi connectivity index (χ0v) is 7.60. The summed E-state index contributed by atoms with van der Waals surface area (Å²) in [7, 11) is 0. The van der Waals surface area contributed by atoms with Crippen LogP contribution in [0.25, 0.3) is 0 Å². The topological polar surface area (TPSA) is 52.5 Å². The molecule has 0 heterocycles. The molecule has 3 N–H and O–H groups in total. The molecule has 0 aliphatic heterocycles. The number of nitrogens with one attached hydrogen (secondary N) is 1.